The van der Waals surface area contributed by atoms with Gasteiger partial charge < -0.3 is 10.0 Å². The van der Waals surface area contributed by atoms with Gasteiger partial charge in [-0.15, -0.1) is 0 Å². The van der Waals surface area contributed by atoms with Crippen LogP contribution in [0.2, 0.25) is 0 Å². The van der Waals surface area contributed by atoms with Crippen molar-refractivity contribution in [2.24, 2.45) is 0 Å². The first kappa shape index (κ1) is 12.3. The van der Waals surface area contributed by atoms with Crippen LogP contribution in [0.1, 0.15) is 18.5 Å². The largest absolute Gasteiger partial charge is 0.506 e. The van der Waals surface area contributed by atoms with Crippen LogP contribution in [0.3, 0.4) is 0 Å². The number of aromatic nitrogens is 1. The predicted molar refractivity (Wildman–Crippen MR) is 67.9 cm³/mol. The number of likely N-dealkylation sites (tertiary alicyclic amines) is 1. The number of rotatable bonds is 3. The summed E-state index contributed by atoms with van der Waals surface area (Å²) in [5.74, 6) is 0.236. The van der Waals surface area contributed by atoms with Crippen LogP contribution in [-0.4, -0.2) is 53.1 Å². The van der Waals surface area contributed by atoms with E-state index in [2.05, 4.69) is 28.9 Å². The fourth-order valence-electron chi connectivity index (χ4n) is 2.33. The quantitative estimate of drug-likeness (QED) is 0.857. The Morgan fingerprint density at radius 1 is 1.35 bits per heavy atom. The van der Waals surface area contributed by atoms with Gasteiger partial charge in [-0.1, -0.05) is 0 Å². The zero-order valence-corrected chi connectivity index (χ0v) is 10.6. The molecular weight excluding hydrogens is 214 g/mol. The Bertz CT molecular complexity index is 342. The van der Waals surface area contributed by atoms with Crippen LogP contribution < -0.4 is 0 Å². The predicted octanol–water partition coefficient (Wildman–Crippen LogP) is 1.31. The molecule has 0 atom stereocenters. The fraction of sp³-hybridized carbons (Fsp3) is 0.615. The van der Waals surface area contributed by atoms with Gasteiger partial charge in [0.15, 0.2) is 0 Å². The monoisotopic (exact) mass is 235 g/mol. The summed E-state index contributed by atoms with van der Waals surface area (Å²) in [6.07, 6.45) is 3.97. The molecule has 94 valence electrons. The first-order valence-corrected chi connectivity index (χ1v) is 6.18. The molecule has 2 heterocycles. The minimum absolute atomic E-state index is 0.236. The lowest BCUT2D eigenvalue weighted by Crippen LogP contribution is -2.41. The smallest absolute Gasteiger partial charge is 0.133 e. The third-order valence-electron chi connectivity index (χ3n) is 3.48. The molecule has 1 aromatic heterocycles. The molecule has 2 rings (SSSR count). The fourth-order valence-corrected chi connectivity index (χ4v) is 2.33. The van der Waals surface area contributed by atoms with Gasteiger partial charge in [-0.2, -0.15) is 0 Å². The van der Waals surface area contributed by atoms with Gasteiger partial charge in [-0.3, -0.25) is 9.88 Å². The molecule has 0 amide bonds. The Morgan fingerprint density at radius 2 is 2.06 bits per heavy atom. The van der Waals surface area contributed by atoms with Crippen molar-refractivity contribution < 1.29 is 5.11 Å². The molecule has 1 aliphatic rings. The zero-order chi connectivity index (χ0) is 12.3. The van der Waals surface area contributed by atoms with Gasteiger partial charge in [0, 0.05) is 25.7 Å². The van der Waals surface area contributed by atoms with Gasteiger partial charge >= 0.3 is 0 Å². The molecule has 0 aliphatic carbocycles. The third kappa shape index (κ3) is 3.41. The maximum absolute atomic E-state index is 9.18. The lowest BCUT2D eigenvalue weighted by molar-refractivity contribution is 0.139. The summed E-state index contributed by atoms with van der Waals surface area (Å²) >= 11 is 0. The van der Waals surface area contributed by atoms with E-state index in [9.17, 15) is 5.11 Å². The zero-order valence-electron chi connectivity index (χ0n) is 10.6. The van der Waals surface area contributed by atoms with Crippen LogP contribution in [0.4, 0.5) is 0 Å². The first-order chi connectivity index (χ1) is 8.15. The highest BCUT2D eigenvalue weighted by molar-refractivity contribution is 5.17. The summed E-state index contributed by atoms with van der Waals surface area (Å²) in [6, 6.07) is 4.32. The van der Waals surface area contributed by atoms with E-state index in [1.54, 1.807) is 6.07 Å². The van der Waals surface area contributed by atoms with Crippen molar-refractivity contribution in [3.8, 4) is 5.75 Å². The van der Waals surface area contributed by atoms with Crippen molar-refractivity contribution >= 4 is 0 Å². The second kappa shape index (κ2) is 5.47. The maximum Gasteiger partial charge on any atom is 0.133 e. The van der Waals surface area contributed by atoms with Crippen molar-refractivity contribution in [3.63, 3.8) is 0 Å². The third-order valence-corrected chi connectivity index (χ3v) is 3.48. The van der Waals surface area contributed by atoms with Gasteiger partial charge in [0.2, 0.25) is 0 Å². The lowest BCUT2D eigenvalue weighted by atomic mass is 10.0. The molecule has 0 spiro atoms. The molecule has 1 saturated heterocycles. The molecule has 4 heteroatoms. The van der Waals surface area contributed by atoms with E-state index in [1.165, 1.54) is 19.0 Å². The van der Waals surface area contributed by atoms with Gasteiger partial charge in [-0.25, -0.2) is 0 Å². The summed E-state index contributed by atoms with van der Waals surface area (Å²) in [7, 11) is 4.31. The van der Waals surface area contributed by atoms with E-state index in [0.717, 1.165) is 31.4 Å². The Morgan fingerprint density at radius 3 is 2.59 bits per heavy atom. The summed E-state index contributed by atoms with van der Waals surface area (Å²) in [6.45, 7) is 3.15. The Kier molecular flexibility index (Phi) is 3.97. The number of piperidine rings is 1. The topological polar surface area (TPSA) is 39.6 Å². The highest BCUT2D eigenvalue weighted by Gasteiger charge is 2.20. The Hall–Kier alpha value is -1.13. The average Bonchev–Trinajstić information content (AvgIpc) is 2.33. The van der Waals surface area contributed by atoms with Crippen molar-refractivity contribution in [1.82, 2.24) is 14.8 Å². The van der Waals surface area contributed by atoms with Crippen molar-refractivity contribution in [1.29, 1.82) is 0 Å². The SMILES string of the molecule is CN(C)C1CCN(Cc2ccc(O)cn2)CC1. The number of aromatic hydroxyl groups is 1. The molecule has 1 fully saturated rings. The van der Waals surface area contributed by atoms with Crippen LogP contribution >= 0.6 is 0 Å². The summed E-state index contributed by atoms with van der Waals surface area (Å²) in [4.78, 5) is 8.97. The normalized spacial score (nSPS) is 18.8. The maximum atomic E-state index is 9.18. The minimum Gasteiger partial charge on any atom is -0.506 e. The molecule has 1 N–H and O–H groups in total. The highest BCUT2D eigenvalue weighted by atomic mass is 16.3. The molecule has 0 aromatic carbocycles. The molecule has 0 unspecified atom stereocenters. The molecule has 1 aliphatic heterocycles. The van der Waals surface area contributed by atoms with Crippen molar-refractivity contribution in [2.75, 3.05) is 27.2 Å². The summed E-state index contributed by atoms with van der Waals surface area (Å²) < 4.78 is 0. The van der Waals surface area contributed by atoms with Gasteiger partial charge in [0.1, 0.15) is 5.75 Å². The van der Waals surface area contributed by atoms with E-state index >= 15 is 0 Å². The van der Waals surface area contributed by atoms with Crippen LogP contribution in [-0.2, 0) is 6.54 Å². The second-order valence-corrected chi connectivity index (χ2v) is 4.98. The van der Waals surface area contributed by atoms with Crippen LogP contribution in [0.5, 0.6) is 5.75 Å². The Labute approximate surface area is 103 Å². The van der Waals surface area contributed by atoms with E-state index in [4.69, 9.17) is 0 Å². The number of nitrogens with zero attached hydrogens (tertiary/aromatic N) is 3. The summed E-state index contributed by atoms with van der Waals surface area (Å²) in [5, 5.41) is 9.18. The van der Waals surface area contributed by atoms with Crippen LogP contribution in [0.15, 0.2) is 18.3 Å². The average molecular weight is 235 g/mol. The summed E-state index contributed by atoms with van der Waals surface area (Å²) in [5.41, 5.74) is 1.03. The molecule has 0 radical (unpaired) electrons. The number of pyridine rings is 1. The van der Waals surface area contributed by atoms with E-state index in [0.29, 0.717) is 0 Å². The van der Waals surface area contributed by atoms with Crippen LogP contribution in [0, 0.1) is 0 Å². The van der Waals surface area contributed by atoms with E-state index < -0.39 is 0 Å². The lowest BCUT2D eigenvalue weighted by Gasteiger charge is -2.34. The van der Waals surface area contributed by atoms with Gasteiger partial charge in [0.25, 0.3) is 0 Å². The van der Waals surface area contributed by atoms with Crippen molar-refractivity contribution in [3.05, 3.63) is 24.0 Å². The highest BCUT2D eigenvalue weighted by Crippen LogP contribution is 2.16. The molecule has 0 bridgehead atoms. The molecule has 4 nitrogen and oxygen atoms in total. The van der Waals surface area contributed by atoms with E-state index in [1.807, 2.05) is 6.07 Å². The van der Waals surface area contributed by atoms with Crippen molar-refractivity contribution in [2.45, 2.75) is 25.4 Å². The van der Waals surface area contributed by atoms with Gasteiger partial charge in [-0.05, 0) is 39.1 Å². The molecule has 0 saturated carbocycles. The van der Waals surface area contributed by atoms with Gasteiger partial charge in [0.05, 0.1) is 11.9 Å². The minimum atomic E-state index is 0.236. The molecule has 17 heavy (non-hydrogen) atoms. The standard InChI is InChI=1S/C13H21N3O/c1-15(2)12-5-7-16(8-6-12)10-11-3-4-13(17)9-14-11/h3-4,9,12,17H,5-8,10H2,1-2H3. The van der Waals surface area contributed by atoms with Crippen LogP contribution in [0.25, 0.3) is 0 Å². The molecule has 1 aromatic rings. The Balaban J connectivity index is 1.84. The molecular formula is C13H21N3O. The van der Waals surface area contributed by atoms with E-state index in [-0.39, 0.29) is 5.75 Å². The number of hydrogen-bond donors (Lipinski definition) is 1. The number of hydrogen-bond acceptors (Lipinski definition) is 4. The second-order valence-electron chi connectivity index (χ2n) is 4.98. The first-order valence-electron chi connectivity index (χ1n) is 6.18.